The molecule has 4 rings (SSSR count). The minimum Gasteiger partial charge on any atom is -0.0721 e. The van der Waals surface area contributed by atoms with Crippen LogP contribution in [0.4, 0.5) is 0 Å². The molecule has 0 saturated heterocycles. The van der Waals surface area contributed by atoms with Gasteiger partial charge in [-0.15, -0.1) is 0 Å². The third-order valence-corrected chi connectivity index (χ3v) is 8.80. The van der Waals surface area contributed by atoms with E-state index in [4.69, 9.17) is 0 Å². The summed E-state index contributed by atoms with van der Waals surface area (Å²) in [7, 11) is 0. The molecule has 1 aromatic rings. The fourth-order valence-electron chi connectivity index (χ4n) is 6.47. The van der Waals surface area contributed by atoms with Crippen LogP contribution in [0.1, 0.15) is 102 Å². The lowest BCUT2D eigenvalue weighted by atomic mass is 9.55. The molecule has 0 aliphatic heterocycles. The second-order valence-corrected chi connectivity index (χ2v) is 9.80. The van der Waals surface area contributed by atoms with Gasteiger partial charge in [0.25, 0.3) is 0 Å². The van der Waals surface area contributed by atoms with Gasteiger partial charge < -0.3 is 0 Å². The Morgan fingerprint density at radius 3 is 2.07 bits per heavy atom. The van der Waals surface area contributed by atoms with Gasteiger partial charge in [-0.05, 0) is 93.2 Å². The molecular weight excluding hydrogens is 336 g/mol. The molecule has 0 N–H and O–H groups in total. The van der Waals surface area contributed by atoms with Crippen LogP contribution in [-0.2, 0) is 18.3 Å². The van der Waals surface area contributed by atoms with Crippen LogP contribution in [0.25, 0.3) is 6.08 Å². The summed E-state index contributed by atoms with van der Waals surface area (Å²) in [6, 6.07) is 5.17. The summed E-state index contributed by atoms with van der Waals surface area (Å²) in [6.45, 7) is 14.4. The molecule has 0 spiro atoms. The Kier molecular flexibility index (Phi) is 4.97. The van der Waals surface area contributed by atoms with E-state index in [1.165, 1.54) is 68.1 Å². The highest BCUT2D eigenvalue weighted by atomic mass is 14.6. The molecule has 0 aromatic heterocycles. The maximum atomic E-state index is 2.63. The first kappa shape index (κ1) is 19.7. The molecule has 0 nitrogen and oxygen atoms in total. The van der Waals surface area contributed by atoms with E-state index in [1.54, 1.807) is 27.8 Å². The second-order valence-electron chi connectivity index (χ2n) is 9.80. The minimum atomic E-state index is 0.0968. The minimum absolute atomic E-state index is 0.0968. The maximum absolute atomic E-state index is 2.63. The van der Waals surface area contributed by atoms with Crippen molar-refractivity contribution in [3.8, 4) is 0 Å². The van der Waals surface area contributed by atoms with E-state index in [0.29, 0.717) is 0 Å². The number of hydrogen-bond acceptors (Lipinski definition) is 0. The number of aryl methyl sites for hydroxylation is 2. The molecule has 0 bridgehead atoms. The fraction of sp³-hybridized carbons (Fsp3) is 0.571. The van der Waals surface area contributed by atoms with Gasteiger partial charge >= 0.3 is 0 Å². The lowest BCUT2D eigenvalue weighted by Gasteiger charge is -2.48. The Morgan fingerprint density at radius 2 is 1.46 bits per heavy atom. The molecule has 28 heavy (non-hydrogen) atoms. The standard InChI is InChI=1S/C28H38/c1-7-8-11-15-28(27(6)21(4)19(2)20(3)22(27)5)16-14-25-17-23-12-9-10-13-24(23)18-26(25)28/h14,16-18H,7-13,15H2,1-6H3. The molecule has 3 aliphatic carbocycles. The van der Waals surface area contributed by atoms with Crippen molar-refractivity contribution in [1.29, 1.82) is 0 Å². The maximum Gasteiger partial charge on any atom is 0.0270 e. The van der Waals surface area contributed by atoms with Gasteiger partial charge in [0.2, 0.25) is 0 Å². The van der Waals surface area contributed by atoms with E-state index in [0.717, 1.165) is 0 Å². The third kappa shape index (κ3) is 2.56. The molecule has 0 amide bonds. The van der Waals surface area contributed by atoms with Crippen LogP contribution in [0, 0.1) is 5.41 Å². The van der Waals surface area contributed by atoms with Crippen molar-refractivity contribution < 1.29 is 0 Å². The van der Waals surface area contributed by atoms with Crippen molar-refractivity contribution in [3.05, 3.63) is 62.8 Å². The molecular formula is C28H38. The summed E-state index contributed by atoms with van der Waals surface area (Å²) in [5.74, 6) is 0. The Balaban J connectivity index is 1.91. The highest BCUT2D eigenvalue weighted by Gasteiger charge is 2.54. The molecule has 3 aliphatic rings. The Labute approximate surface area is 172 Å². The summed E-state index contributed by atoms with van der Waals surface area (Å²) in [6.07, 6.45) is 15.5. The molecule has 0 heteroatoms. The van der Waals surface area contributed by atoms with Crippen molar-refractivity contribution >= 4 is 6.08 Å². The molecule has 0 heterocycles. The van der Waals surface area contributed by atoms with Gasteiger partial charge in [0.05, 0.1) is 0 Å². The van der Waals surface area contributed by atoms with Gasteiger partial charge in [-0.1, -0.05) is 68.5 Å². The van der Waals surface area contributed by atoms with Crippen molar-refractivity contribution in [3.63, 3.8) is 0 Å². The van der Waals surface area contributed by atoms with Crippen molar-refractivity contribution in [2.75, 3.05) is 0 Å². The monoisotopic (exact) mass is 374 g/mol. The summed E-state index contributed by atoms with van der Waals surface area (Å²) >= 11 is 0. The van der Waals surface area contributed by atoms with Gasteiger partial charge in [0.1, 0.15) is 0 Å². The highest BCUT2D eigenvalue weighted by molar-refractivity contribution is 5.71. The second kappa shape index (κ2) is 7.05. The van der Waals surface area contributed by atoms with Gasteiger partial charge in [-0.2, -0.15) is 0 Å². The predicted molar refractivity (Wildman–Crippen MR) is 123 cm³/mol. The zero-order chi connectivity index (χ0) is 20.1. The molecule has 1 atom stereocenters. The number of fused-ring (bicyclic) bond motifs is 2. The first-order valence-electron chi connectivity index (χ1n) is 11.6. The van der Waals surface area contributed by atoms with Crippen molar-refractivity contribution in [2.45, 2.75) is 98.3 Å². The molecule has 0 radical (unpaired) electrons. The number of allylic oxidation sites excluding steroid dienone is 5. The normalized spacial score (nSPS) is 25.5. The van der Waals surface area contributed by atoms with Crippen LogP contribution in [-0.4, -0.2) is 0 Å². The van der Waals surface area contributed by atoms with Crippen LogP contribution in [0.3, 0.4) is 0 Å². The average Bonchev–Trinajstić information content (AvgIpc) is 3.14. The first-order chi connectivity index (χ1) is 13.4. The molecule has 1 unspecified atom stereocenters. The molecule has 0 saturated carbocycles. The highest BCUT2D eigenvalue weighted by Crippen LogP contribution is 2.62. The number of unbranched alkanes of at least 4 members (excludes halogenated alkanes) is 2. The van der Waals surface area contributed by atoms with Gasteiger partial charge in [-0.3, -0.25) is 0 Å². The smallest absolute Gasteiger partial charge is 0.0270 e. The van der Waals surface area contributed by atoms with Crippen LogP contribution in [0.5, 0.6) is 0 Å². The van der Waals surface area contributed by atoms with Crippen molar-refractivity contribution in [2.24, 2.45) is 5.41 Å². The SMILES string of the molecule is CCCCCC1(C2(C)C(C)=C(C)C(C)=C2C)C=Cc2cc3c(cc21)CCCC3. The lowest BCUT2D eigenvalue weighted by Crippen LogP contribution is -2.43. The van der Waals surface area contributed by atoms with E-state index in [1.807, 2.05) is 0 Å². The Bertz CT molecular complexity index is 865. The quantitative estimate of drug-likeness (QED) is 0.457. The van der Waals surface area contributed by atoms with E-state index in [2.05, 4.69) is 65.8 Å². The van der Waals surface area contributed by atoms with Crippen molar-refractivity contribution in [1.82, 2.24) is 0 Å². The third-order valence-electron chi connectivity index (χ3n) is 8.80. The molecule has 1 aromatic carbocycles. The summed E-state index contributed by atoms with van der Waals surface area (Å²) in [5, 5.41) is 0. The number of benzene rings is 1. The average molecular weight is 375 g/mol. The summed E-state index contributed by atoms with van der Waals surface area (Å²) in [4.78, 5) is 0. The number of hydrogen-bond donors (Lipinski definition) is 0. The van der Waals surface area contributed by atoms with Crippen LogP contribution in [0.2, 0.25) is 0 Å². The molecule has 150 valence electrons. The summed E-state index contributed by atoms with van der Waals surface area (Å²) < 4.78 is 0. The Hall–Kier alpha value is -1.56. The lowest BCUT2D eigenvalue weighted by molar-refractivity contribution is 0.265. The van der Waals surface area contributed by atoms with Gasteiger partial charge in [-0.25, -0.2) is 0 Å². The van der Waals surface area contributed by atoms with Gasteiger partial charge in [0, 0.05) is 10.8 Å². The van der Waals surface area contributed by atoms with E-state index in [9.17, 15) is 0 Å². The fourth-order valence-corrected chi connectivity index (χ4v) is 6.47. The predicted octanol–water partition coefficient (Wildman–Crippen LogP) is 8.10. The topological polar surface area (TPSA) is 0 Å². The zero-order valence-corrected chi connectivity index (χ0v) is 19.0. The van der Waals surface area contributed by atoms with E-state index < -0.39 is 0 Å². The first-order valence-corrected chi connectivity index (χ1v) is 11.6. The van der Waals surface area contributed by atoms with E-state index in [-0.39, 0.29) is 10.8 Å². The number of rotatable bonds is 5. The molecule has 0 fully saturated rings. The van der Waals surface area contributed by atoms with Gasteiger partial charge in [0.15, 0.2) is 0 Å². The van der Waals surface area contributed by atoms with Crippen LogP contribution < -0.4 is 0 Å². The summed E-state index contributed by atoms with van der Waals surface area (Å²) in [5.41, 5.74) is 12.8. The van der Waals surface area contributed by atoms with Crippen LogP contribution in [0.15, 0.2) is 40.5 Å². The zero-order valence-electron chi connectivity index (χ0n) is 19.0. The Morgan fingerprint density at radius 1 is 0.857 bits per heavy atom. The largest absolute Gasteiger partial charge is 0.0721 e. The van der Waals surface area contributed by atoms with Crippen LogP contribution >= 0.6 is 0 Å². The van der Waals surface area contributed by atoms with E-state index >= 15 is 0 Å².